The summed E-state index contributed by atoms with van der Waals surface area (Å²) in [5.41, 5.74) is 0.719. The molecule has 86 valence electrons. The summed E-state index contributed by atoms with van der Waals surface area (Å²) in [6.45, 7) is 0. The molecule has 0 saturated carbocycles. The molecule has 0 fully saturated rings. The van der Waals surface area contributed by atoms with Crippen molar-refractivity contribution in [2.24, 2.45) is 0 Å². The Hall–Kier alpha value is -1.87. The van der Waals surface area contributed by atoms with Gasteiger partial charge in [0.05, 0.1) is 5.97 Å². The van der Waals surface area contributed by atoms with Crippen molar-refractivity contribution in [2.45, 2.75) is 0 Å². The van der Waals surface area contributed by atoms with Crippen LogP contribution in [0.3, 0.4) is 0 Å². The summed E-state index contributed by atoms with van der Waals surface area (Å²) in [5, 5.41) is 11.0. The van der Waals surface area contributed by atoms with Crippen molar-refractivity contribution in [1.29, 1.82) is 0 Å². The van der Waals surface area contributed by atoms with Crippen molar-refractivity contribution in [2.75, 3.05) is 0 Å². The molecule has 2 aromatic carbocycles. The predicted octanol–water partition coefficient (Wildman–Crippen LogP) is 2.51. The second-order valence-electron chi connectivity index (χ2n) is 3.46. The number of benzene rings is 2. The second-order valence-corrected chi connectivity index (χ2v) is 3.87. The molecule has 0 atom stereocenters. The molecule has 0 spiro atoms. The first-order valence-corrected chi connectivity index (χ1v) is 5.23. The summed E-state index contributed by atoms with van der Waals surface area (Å²) in [6, 6.07) is 10.7. The Labute approximate surface area is 102 Å². The first kappa shape index (κ1) is 11.6. The van der Waals surface area contributed by atoms with Gasteiger partial charge in [-0.05, 0) is 23.8 Å². The van der Waals surface area contributed by atoms with Gasteiger partial charge in [-0.15, -0.1) is 0 Å². The third-order valence-corrected chi connectivity index (χ3v) is 2.70. The van der Waals surface area contributed by atoms with Gasteiger partial charge in [0.2, 0.25) is 0 Å². The summed E-state index contributed by atoms with van der Waals surface area (Å²) in [7, 11) is 0. The molecule has 0 saturated heterocycles. The molecule has 0 heterocycles. The smallest absolute Gasteiger partial charge is 0.132 e. The van der Waals surface area contributed by atoms with Gasteiger partial charge in [0.15, 0.2) is 0 Å². The van der Waals surface area contributed by atoms with Crippen LogP contribution in [0.25, 0.3) is 11.1 Å². The number of hydrogen-bond acceptors (Lipinski definition) is 2. The number of carbonyl (C=O) groups excluding carboxylic acids is 1. The lowest BCUT2D eigenvalue weighted by Gasteiger charge is -2.08. The van der Waals surface area contributed by atoms with Gasteiger partial charge in [0.25, 0.3) is 0 Å². The van der Waals surface area contributed by atoms with Gasteiger partial charge in [0, 0.05) is 16.1 Å². The van der Waals surface area contributed by atoms with Crippen molar-refractivity contribution in [3.05, 3.63) is 58.9 Å². The number of halogens is 2. The number of rotatable bonds is 2. The normalized spacial score (nSPS) is 10.2. The molecule has 17 heavy (non-hydrogen) atoms. The van der Waals surface area contributed by atoms with Crippen molar-refractivity contribution >= 4 is 17.6 Å². The molecular formula is C13H7ClFO2-. The van der Waals surface area contributed by atoms with E-state index in [4.69, 9.17) is 11.6 Å². The van der Waals surface area contributed by atoms with Crippen molar-refractivity contribution in [1.82, 2.24) is 0 Å². The molecule has 0 bridgehead atoms. The third kappa shape index (κ3) is 2.29. The van der Waals surface area contributed by atoms with Gasteiger partial charge in [-0.2, -0.15) is 0 Å². The Morgan fingerprint density at radius 2 is 1.88 bits per heavy atom. The van der Waals surface area contributed by atoms with Crippen LogP contribution in [0.4, 0.5) is 4.39 Å². The minimum absolute atomic E-state index is 0.458. The quantitative estimate of drug-likeness (QED) is 0.820. The number of carbonyl (C=O) groups is 1. The van der Waals surface area contributed by atoms with E-state index in [9.17, 15) is 14.3 Å². The largest absolute Gasteiger partial charge is 0.545 e. The average Bonchev–Trinajstić information content (AvgIpc) is 2.29. The maximum atomic E-state index is 13.5. The van der Waals surface area contributed by atoms with Crippen molar-refractivity contribution in [3.63, 3.8) is 0 Å². The summed E-state index contributed by atoms with van der Waals surface area (Å²) in [6.07, 6.45) is 0. The Bertz CT molecular complexity index is 581. The molecule has 2 nitrogen and oxygen atoms in total. The van der Waals surface area contributed by atoms with Gasteiger partial charge in [-0.1, -0.05) is 35.9 Å². The van der Waals surface area contributed by atoms with E-state index >= 15 is 0 Å². The highest BCUT2D eigenvalue weighted by molar-refractivity contribution is 6.33. The van der Waals surface area contributed by atoms with Crippen LogP contribution < -0.4 is 5.11 Å². The third-order valence-electron chi connectivity index (χ3n) is 2.37. The number of carboxylic acids is 1. The fourth-order valence-electron chi connectivity index (χ4n) is 1.54. The first-order valence-electron chi connectivity index (χ1n) is 4.85. The van der Waals surface area contributed by atoms with Crippen LogP contribution in [0.1, 0.15) is 10.4 Å². The van der Waals surface area contributed by atoms with Crippen LogP contribution in [-0.4, -0.2) is 5.97 Å². The predicted molar refractivity (Wildman–Crippen MR) is 61.2 cm³/mol. The van der Waals surface area contributed by atoms with Gasteiger partial charge in [-0.25, -0.2) is 4.39 Å². The second kappa shape index (κ2) is 4.55. The van der Waals surface area contributed by atoms with Crippen LogP contribution >= 0.6 is 11.6 Å². The van der Waals surface area contributed by atoms with Gasteiger partial charge in [0.1, 0.15) is 5.82 Å². The molecule has 0 aromatic heterocycles. The van der Waals surface area contributed by atoms with E-state index < -0.39 is 17.3 Å². The van der Waals surface area contributed by atoms with E-state index in [1.165, 1.54) is 12.1 Å². The standard InChI is InChI=1S/C13H8ClFO2/c14-11-4-2-1-3-9(11)8-5-6-10(13(16)17)12(15)7-8/h1-7H,(H,16,17)/p-1. The molecule has 0 radical (unpaired) electrons. The summed E-state index contributed by atoms with van der Waals surface area (Å²) in [4.78, 5) is 10.6. The maximum Gasteiger partial charge on any atom is 0.132 e. The molecule has 4 heteroatoms. The zero-order valence-electron chi connectivity index (χ0n) is 8.61. The molecule has 2 aromatic rings. The molecule has 0 unspecified atom stereocenters. The zero-order valence-corrected chi connectivity index (χ0v) is 9.37. The zero-order chi connectivity index (χ0) is 12.4. The Morgan fingerprint density at radius 1 is 1.18 bits per heavy atom. The summed E-state index contributed by atoms with van der Waals surface area (Å²) >= 11 is 5.96. The Morgan fingerprint density at radius 3 is 2.47 bits per heavy atom. The highest BCUT2D eigenvalue weighted by Crippen LogP contribution is 2.28. The highest BCUT2D eigenvalue weighted by Gasteiger charge is 2.07. The van der Waals surface area contributed by atoms with E-state index in [0.29, 0.717) is 16.1 Å². The van der Waals surface area contributed by atoms with E-state index in [1.54, 1.807) is 24.3 Å². The minimum Gasteiger partial charge on any atom is -0.545 e. The van der Waals surface area contributed by atoms with Gasteiger partial charge in [-0.3, -0.25) is 0 Å². The van der Waals surface area contributed by atoms with Crippen LogP contribution in [0.2, 0.25) is 5.02 Å². The first-order chi connectivity index (χ1) is 8.09. The number of aromatic carboxylic acids is 1. The fraction of sp³-hybridized carbons (Fsp3) is 0. The molecular weight excluding hydrogens is 243 g/mol. The Balaban J connectivity index is 2.52. The molecule has 0 aliphatic heterocycles. The van der Waals surface area contributed by atoms with Crippen molar-refractivity contribution in [3.8, 4) is 11.1 Å². The topological polar surface area (TPSA) is 40.1 Å². The van der Waals surface area contributed by atoms with Crippen LogP contribution in [0.15, 0.2) is 42.5 Å². The van der Waals surface area contributed by atoms with Gasteiger partial charge >= 0.3 is 0 Å². The molecule has 0 aliphatic rings. The van der Waals surface area contributed by atoms with Crippen molar-refractivity contribution < 1.29 is 14.3 Å². The number of carboxylic acid groups (broad SMARTS) is 1. The Kier molecular flexibility index (Phi) is 3.11. The maximum absolute atomic E-state index is 13.5. The minimum atomic E-state index is -1.53. The van der Waals surface area contributed by atoms with Crippen LogP contribution in [0.5, 0.6) is 0 Å². The van der Waals surface area contributed by atoms with Crippen LogP contribution in [-0.2, 0) is 0 Å². The van der Waals surface area contributed by atoms with Crippen LogP contribution in [0, 0.1) is 5.82 Å². The van der Waals surface area contributed by atoms with Gasteiger partial charge < -0.3 is 9.90 Å². The lowest BCUT2D eigenvalue weighted by Crippen LogP contribution is -2.23. The highest BCUT2D eigenvalue weighted by atomic mass is 35.5. The molecule has 0 N–H and O–H groups in total. The lowest BCUT2D eigenvalue weighted by atomic mass is 10.0. The molecule has 2 rings (SSSR count). The molecule has 0 aliphatic carbocycles. The average molecular weight is 250 g/mol. The van der Waals surface area contributed by atoms with E-state index in [-0.39, 0.29) is 0 Å². The fourth-order valence-corrected chi connectivity index (χ4v) is 1.79. The lowest BCUT2D eigenvalue weighted by molar-refractivity contribution is -0.255. The SMILES string of the molecule is O=C([O-])c1ccc(-c2ccccc2Cl)cc1F. The number of hydrogen-bond donors (Lipinski definition) is 0. The van der Waals surface area contributed by atoms with E-state index in [1.807, 2.05) is 0 Å². The summed E-state index contributed by atoms with van der Waals surface area (Å²) < 4.78 is 13.5. The van der Waals surface area contributed by atoms with E-state index in [2.05, 4.69) is 0 Å². The monoisotopic (exact) mass is 249 g/mol. The van der Waals surface area contributed by atoms with E-state index in [0.717, 1.165) is 6.07 Å². The summed E-state index contributed by atoms with van der Waals surface area (Å²) in [5.74, 6) is -2.37. The molecule has 0 amide bonds.